The average Bonchev–Trinajstić information content (AvgIpc) is 2.43. The van der Waals surface area contributed by atoms with Gasteiger partial charge in [0.15, 0.2) is 0 Å². The molecule has 0 aliphatic carbocycles. The lowest BCUT2D eigenvalue weighted by molar-refractivity contribution is -0.148. The molecule has 0 unspecified atom stereocenters. The van der Waals surface area contributed by atoms with E-state index in [-0.39, 0.29) is 18.5 Å². The maximum Gasteiger partial charge on any atom is 0.336 e. The molecule has 0 bridgehead atoms. The van der Waals surface area contributed by atoms with Gasteiger partial charge in [-0.2, -0.15) is 0 Å². The molecule has 0 saturated carbocycles. The molecule has 0 spiro atoms. The van der Waals surface area contributed by atoms with Crippen molar-refractivity contribution in [3.63, 3.8) is 0 Å². The van der Waals surface area contributed by atoms with Crippen LogP contribution in [0, 0.1) is 5.92 Å². The molecule has 106 valence electrons. The maximum absolute atomic E-state index is 11.5. The molecule has 1 aromatic carbocycles. The lowest BCUT2D eigenvalue weighted by Gasteiger charge is -2.09. The summed E-state index contributed by atoms with van der Waals surface area (Å²) in [4.78, 5) is 23.0. The van der Waals surface area contributed by atoms with Crippen LogP contribution in [0.25, 0.3) is 11.0 Å². The molecule has 0 radical (unpaired) electrons. The van der Waals surface area contributed by atoms with Crippen LogP contribution >= 0.6 is 0 Å². The Morgan fingerprint density at radius 3 is 2.70 bits per heavy atom. The van der Waals surface area contributed by atoms with Crippen molar-refractivity contribution in [3.8, 4) is 5.75 Å². The first kappa shape index (κ1) is 14.1. The maximum atomic E-state index is 11.5. The van der Waals surface area contributed by atoms with Crippen LogP contribution in [-0.4, -0.2) is 13.1 Å². The number of carbonyl (C=O) groups is 1. The van der Waals surface area contributed by atoms with E-state index in [1.54, 1.807) is 32.0 Å². The molecular weight excluding hydrogens is 260 g/mol. The van der Waals surface area contributed by atoms with Gasteiger partial charge in [0.1, 0.15) is 17.9 Å². The molecule has 0 N–H and O–H groups in total. The topological polar surface area (TPSA) is 65.7 Å². The Balaban J connectivity index is 2.37. The Kier molecular flexibility index (Phi) is 4.08. The second-order valence-corrected chi connectivity index (χ2v) is 4.72. The summed E-state index contributed by atoms with van der Waals surface area (Å²) in [5.41, 5.74) is 0.543. The lowest BCUT2D eigenvalue weighted by atomic mass is 10.1. The van der Waals surface area contributed by atoms with Gasteiger partial charge in [-0.05, 0) is 12.1 Å². The van der Waals surface area contributed by atoms with Crippen LogP contribution in [0.1, 0.15) is 19.4 Å². The number of hydrogen-bond donors (Lipinski definition) is 0. The minimum atomic E-state index is -0.485. The first-order valence-corrected chi connectivity index (χ1v) is 6.28. The van der Waals surface area contributed by atoms with E-state index in [4.69, 9.17) is 13.9 Å². The van der Waals surface area contributed by atoms with Gasteiger partial charge >= 0.3 is 11.6 Å². The van der Waals surface area contributed by atoms with Crippen molar-refractivity contribution in [2.24, 2.45) is 5.92 Å². The van der Waals surface area contributed by atoms with Crippen molar-refractivity contribution in [3.05, 3.63) is 40.2 Å². The number of rotatable bonds is 4. The first-order valence-electron chi connectivity index (χ1n) is 6.28. The summed E-state index contributed by atoms with van der Waals surface area (Å²) in [5.74, 6) is 0.0818. The molecule has 1 aromatic heterocycles. The fourth-order valence-electron chi connectivity index (χ4n) is 1.77. The molecule has 0 atom stereocenters. The van der Waals surface area contributed by atoms with Gasteiger partial charge in [-0.25, -0.2) is 4.79 Å². The summed E-state index contributed by atoms with van der Waals surface area (Å²) < 4.78 is 15.4. The monoisotopic (exact) mass is 276 g/mol. The second kappa shape index (κ2) is 5.77. The van der Waals surface area contributed by atoms with E-state index in [0.717, 1.165) is 5.39 Å². The molecule has 2 aromatic rings. The van der Waals surface area contributed by atoms with Gasteiger partial charge in [0, 0.05) is 23.1 Å². The van der Waals surface area contributed by atoms with Gasteiger partial charge in [0.2, 0.25) is 0 Å². The zero-order valence-electron chi connectivity index (χ0n) is 11.6. The number of esters is 1. The zero-order valence-corrected chi connectivity index (χ0v) is 11.6. The van der Waals surface area contributed by atoms with E-state index in [9.17, 15) is 9.59 Å². The highest BCUT2D eigenvalue weighted by Crippen LogP contribution is 2.23. The van der Waals surface area contributed by atoms with Crippen LogP contribution < -0.4 is 10.4 Å². The van der Waals surface area contributed by atoms with Gasteiger partial charge in [-0.1, -0.05) is 13.8 Å². The van der Waals surface area contributed by atoms with Crippen molar-refractivity contribution in [1.29, 1.82) is 0 Å². The highest BCUT2D eigenvalue weighted by atomic mass is 16.5. The Bertz CT molecular complexity index is 684. The van der Waals surface area contributed by atoms with E-state index < -0.39 is 5.63 Å². The molecule has 2 rings (SSSR count). The third-order valence-corrected chi connectivity index (χ3v) is 2.88. The Morgan fingerprint density at radius 1 is 1.30 bits per heavy atom. The Labute approximate surface area is 116 Å². The summed E-state index contributed by atoms with van der Waals surface area (Å²) in [5, 5.41) is 0.724. The van der Waals surface area contributed by atoms with Crippen molar-refractivity contribution >= 4 is 16.9 Å². The molecule has 0 saturated heterocycles. The molecule has 0 amide bonds. The normalized spacial score (nSPS) is 10.8. The Hall–Kier alpha value is -2.30. The van der Waals surface area contributed by atoms with E-state index in [0.29, 0.717) is 16.9 Å². The molecule has 20 heavy (non-hydrogen) atoms. The lowest BCUT2D eigenvalue weighted by Crippen LogP contribution is -2.12. The summed E-state index contributed by atoms with van der Waals surface area (Å²) in [7, 11) is 1.54. The summed E-state index contributed by atoms with van der Waals surface area (Å²) >= 11 is 0. The largest absolute Gasteiger partial charge is 0.497 e. The van der Waals surface area contributed by atoms with Crippen molar-refractivity contribution in [1.82, 2.24) is 0 Å². The van der Waals surface area contributed by atoms with Crippen LogP contribution in [0.2, 0.25) is 0 Å². The first-order chi connectivity index (χ1) is 9.51. The van der Waals surface area contributed by atoms with Crippen LogP contribution in [0.4, 0.5) is 0 Å². The predicted molar refractivity (Wildman–Crippen MR) is 73.7 cm³/mol. The van der Waals surface area contributed by atoms with Crippen molar-refractivity contribution < 1.29 is 18.7 Å². The van der Waals surface area contributed by atoms with E-state index in [1.807, 2.05) is 0 Å². The number of carbonyl (C=O) groups excluding carboxylic acids is 1. The van der Waals surface area contributed by atoms with Gasteiger partial charge in [-0.15, -0.1) is 0 Å². The van der Waals surface area contributed by atoms with Gasteiger partial charge in [0.25, 0.3) is 0 Å². The second-order valence-electron chi connectivity index (χ2n) is 4.72. The van der Waals surface area contributed by atoms with Gasteiger partial charge in [-0.3, -0.25) is 4.79 Å². The number of hydrogen-bond acceptors (Lipinski definition) is 5. The van der Waals surface area contributed by atoms with Crippen LogP contribution in [-0.2, 0) is 16.1 Å². The van der Waals surface area contributed by atoms with E-state index >= 15 is 0 Å². The summed E-state index contributed by atoms with van der Waals surface area (Å²) in [6.45, 7) is 3.56. The fourth-order valence-corrected chi connectivity index (χ4v) is 1.77. The third-order valence-electron chi connectivity index (χ3n) is 2.88. The van der Waals surface area contributed by atoms with E-state index in [1.165, 1.54) is 13.2 Å². The zero-order chi connectivity index (χ0) is 14.7. The Morgan fingerprint density at radius 2 is 2.05 bits per heavy atom. The standard InChI is InChI=1S/C15H16O5/c1-9(2)15(17)19-8-10-6-14(16)20-13-7-11(18-3)4-5-12(10)13/h4-7,9H,8H2,1-3H3. The number of methoxy groups -OCH3 is 1. The highest BCUT2D eigenvalue weighted by Gasteiger charge is 2.12. The summed E-state index contributed by atoms with van der Waals surface area (Å²) in [6, 6.07) is 6.50. The molecule has 5 nitrogen and oxygen atoms in total. The number of benzene rings is 1. The fraction of sp³-hybridized carbons (Fsp3) is 0.333. The average molecular weight is 276 g/mol. The third kappa shape index (κ3) is 2.99. The predicted octanol–water partition coefficient (Wildman–Crippen LogP) is 2.50. The number of fused-ring (bicyclic) bond motifs is 1. The molecule has 0 aliphatic rings. The SMILES string of the molecule is COc1ccc2c(COC(=O)C(C)C)cc(=O)oc2c1. The van der Waals surface area contributed by atoms with E-state index in [2.05, 4.69) is 0 Å². The minimum Gasteiger partial charge on any atom is -0.497 e. The van der Waals surface area contributed by atoms with Crippen LogP contribution in [0.5, 0.6) is 5.75 Å². The molecule has 0 fully saturated rings. The minimum absolute atomic E-state index is 0.0471. The highest BCUT2D eigenvalue weighted by molar-refractivity contribution is 5.81. The van der Waals surface area contributed by atoms with Crippen LogP contribution in [0.3, 0.4) is 0 Å². The smallest absolute Gasteiger partial charge is 0.336 e. The van der Waals surface area contributed by atoms with Gasteiger partial charge < -0.3 is 13.9 Å². The van der Waals surface area contributed by atoms with Crippen molar-refractivity contribution in [2.45, 2.75) is 20.5 Å². The molecular formula is C15H16O5. The molecule has 5 heteroatoms. The number of ether oxygens (including phenoxy) is 2. The molecule has 1 heterocycles. The quantitative estimate of drug-likeness (QED) is 0.634. The van der Waals surface area contributed by atoms with Gasteiger partial charge in [0.05, 0.1) is 13.0 Å². The summed E-state index contributed by atoms with van der Waals surface area (Å²) in [6.07, 6.45) is 0. The van der Waals surface area contributed by atoms with Crippen LogP contribution in [0.15, 0.2) is 33.5 Å². The van der Waals surface area contributed by atoms with Crippen molar-refractivity contribution in [2.75, 3.05) is 7.11 Å². The molecule has 0 aliphatic heterocycles.